The summed E-state index contributed by atoms with van der Waals surface area (Å²) in [7, 11) is 0. The third-order valence-electron chi connectivity index (χ3n) is 5.24. The van der Waals surface area contributed by atoms with Crippen molar-refractivity contribution in [3.63, 3.8) is 0 Å². The lowest BCUT2D eigenvalue weighted by Crippen LogP contribution is -2.36. The summed E-state index contributed by atoms with van der Waals surface area (Å²) in [5.41, 5.74) is 2.33. The lowest BCUT2D eigenvalue weighted by molar-refractivity contribution is -0.384. The van der Waals surface area contributed by atoms with Crippen molar-refractivity contribution in [1.82, 2.24) is 9.47 Å². The average molecular weight is 431 g/mol. The van der Waals surface area contributed by atoms with Gasteiger partial charge in [0, 0.05) is 19.2 Å². The van der Waals surface area contributed by atoms with E-state index in [-0.39, 0.29) is 23.7 Å². The van der Waals surface area contributed by atoms with Gasteiger partial charge in [-0.25, -0.2) is 4.79 Å². The number of fused-ring (bicyclic) bond motifs is 1. The Hall–Kier alpha value is -4.20. The van der Waals surface area contributed by atoms with Gasteiger partial charge in [0.05, 0.1) is 16.5 Å². The number of hydrogen-bond donors (Lipinski definition) is 0. The Kier molecular flexibility index (Phi) is 6.12. The number of non-ortho nitro benzene ring substituents is 1. The number of benzene rings is 3. The monoisotopic (exact) mass is 431 g/mol. The van der Waals surface area contributed by atoms with Crippen molar-refractivity contribution in [2.24, 2.45) is 0 Å². The van der Waals surface area contributed by atoms with Gasteiger partial charge in [0.25, 0.3) is 5.69 Å². The minimum Gasteiger partial charge on any atom is -0.407 e. The van der Waals surface area contributed by atoms with Gasteiger partial charge in [-0.1, -0.05) is 60.7 Å². The molecule has 8 nitrogen and oxygen atoms in total. The lowest BCUT2D eigenvalue weighted by atomic mass is 10.1. The van der Waals surface area contributed by atoms with Crippen LogP contribution in [0.1, 0.15) is 11.1 Å². The molecule has 0 bridgehead atoms. The quantitative estimate of drug-likeness (QED) is 0.312. The maximum atomic E-state index is 13.2. The zero-order chi connectivity index (χ0) is 22.5. The molecular formula is C24H21N3O5. The van der Waals surface area contributed by atoms with E-state index in [0.29, 0.717) is 25.0 Å². The van der Waals surface area contributed by atoms with Crippen LogP contribution >= 0.6 is 0 Å². The largest absolute Gasteiger partial charge is 0.420 e. The molecule has 1 aromatic heterocycles. The predicted molar refractivity (Wildman–Crippen MR) is 119 cm³/mol. The number of carbonyl (C=O) groups excluding carboxylic acids is 1. The summed E-state index contributed by atoms with van der Waals surface area (Å²) in [4.78, 5) is 37.7. The Labute approximate surface area is 183 Å². The fourth-order valence-corrected chi connectivity index (χ4v) is 3.56. The van der Waals surface area contributed by atoms with Gasteiger partial charge in [-0.3, -0.25) is 19.5 Å². The van der Waals surface area contributed by atoms with Crippen LogP contribution < -0.4 is 5.76 Å². The molecule has 0 radical (unpaired) electrons. The number of nitro benzene ring substituents is 1. The maximum Gasteiger partial charge on any atom is 0.420 e. The molecule has 1 amide bonds. The van der Waals surface area contributed by atoms with Crippen LogP contribution in [-0.2, 0) is 24.3 Å². The highest BCUT2D eigenvalue weighted by molar-refractivity contribution is 5.80. The summed E-state index contributed by atoms with van der Waals surface area (Å²) in [5.74, 6) is -0.968. The molecule has 0 aliphatic heterocycles. The van der Waals surface area contributed by atoms with Gasteiger partial charge in [0.15, 0.2) is 5.58 Å². The number of amides is 1. The fourth-order valence-electron chi connectivity index (χ4n) is 3.56. The van der Waals surface area contributed by atoms with E-state index in [9.17, 15) is 19.7 Å². The van der Waals surface area contributed by atoms with Crippen LogP contribution in [-0.4, -0.2) is 26.8 Å². The zero-order valence-electron chi connectivity index (χ0n) is 17.2. The number of hydrogen-bond acceptors (Lipinski definition) is 5. The Balaban J connectivity index is 1.58. The second-order valence-electron chi connectivity index (χ2n) is 7.40. The summed E-state index contributed by atoms with van der Waals surface area (Å²) in [6.07, 6.45) is 0.673. The van der Waals surface area contributed by atoms with E-state index in [1.807, 2.05) is 60.7 Å². The molecule has 0 aliphatic carbocycles. The van der Waals surface area contributed by atoms with Gasteiger partial charge in [-0.15, -0.1) is 0 Å². The average Bonchev–Trinajstić information content (AvgIpc) is 3.12. The van der Waals surface area contributed by atoms with E-state index >= 15 is 0 Å². The van der Waals surface area contributed by atoms with Crippen molar-refractivity contribution >= 4 is 22.7 Å². The second-order valence-corrected chi connectivity index (χ2v) is 7.40. The van der Waals surface area contributed by atoms with E-state index < -0.39 is 10.7 Å². The molecule has 0 aliphatic rings. The molecular weight excluding hydrogens is 410 g/mol. The van der Waals surface area contributed by atoms with Crippen molar-refractivity contribution in [2.75, 3.05) is 6.54 Å². The summed E-state index contributed by atoms with van der Waals surface area (Å²) >= 11 is 0. The molecule has 3 aromatic carbocycles. The number of oxazole rings is 1. The third-order valence-corrected chi connectivity index (χ3v) is 5.24. The molecule has 0 saturated heterocycles. The summed E-state index contributed by atoms with van der Waals surface area (Å²) in [6, 6.07) is 23.4. The second kappa shape index (κ2) is 9.30. The first-order valence-electron chi connectivity index (χ1n) is 10.1. The van der Waals surface area contributed by atoms with E-state index in [1.165, 1.54) is 22.8 Å². The Morgan fingerprint density at radius 1 is 0.969 bits per heavy atom. The van der Waals surface area contributed by atoms with Gasteiger partial charge in [-0.05, 0) is 23.6 Å². The van der Waals surface area contributed by atoms with Crippen LogP contribution in [0, 0.1) is 10.1 Å². The number of nitro groups is 1. The van der Waals surface area contributed by atoms with Crippen molar-refractivity contribution < 1.29 is 14.1 Å². The third kappa shape index (κ3) is 4.75. The van der Waals surface area contributed by atoms with Crippen LogP contribution in [0.15, 0.2) is 88.1 Å². The lowest BCUT2D eigenvalue weighted by Gasteiger charge is -2.23. The summed E-state index contributed by atoms with van der Waals surface area (Å²) in [5, 5.41) is 11.0. The normalized spacial score (nSPS) is 10.9. The molecule has 162 valence electrons. The van der Waals surface area contributed by atoms with Crippen LogP contribution in [0.25, 0.3) is 11.1 Å². The minimum atomic E-state index is -0.725. The molecule has 4 rings (SSSR count). The maximum absolute atomic E-state index is 13.2. The van der Waals surface area contributed by atoms with Crippen molar-refractivity contribution in [3.05, 3.63) is 111 Å². The molecule has 4 aromatic rings. The topological polar surface area (TPSA) is 98.6 Å². The highest BCUT2D eigenvalue weighted by Gasteiger charge is 2.20. The SMILES string of the molecule is O=C(Cn1c(=O)oc2cc([N+](=O)[O-])ccc21)N(CCc1ccccc1)Cc1ccccc1. The van der Waals surface area contributed by atoms with Gasteiger partial charge in [0.1, 0.15) is 6.54 Å². The summed E-state index contributed by atoms with van der Waals surface area (Å²) < 4.78 is 6.36. The predicted octanol–water partition coefficient (Wildman–Crippen LogP) is 3.77. The molecule has 0 N–H and O–H groups in total. The molecule has 0 fully saturated rings. The number of aromatic nitrogens is 1. The Morgan fingerprint density at radius 3 is 2.28 bits per heavy atom. The van der Waals surface area contributed by atoms with Crippen molar-refractivity contribution in [1.29, 1.82) is 0 Å². The smallest absolute Gasteiger partial charge is 0.407 e. The molecule has 1 heterocycles. The van der Waals surface area contributed by atoms with Crippen LogP contribution in [0.4, 0.5) is 5.69 Å². The number of rotatable bonds is 8. The van der Waals surface area contributed by atoms with Gasteiger partial charge >= 0.3 is 5.76 Å². The molecule has 0 atom stereocenters. The first-order chi connectivity index (χ1) is 15.5. The Bertz CT molecular complexity index is 1300. The number of carbonyl (C=O) groups is 1. The Morgan fingerprint density at radius 2 is 1.62 bits per heavy atom. The number of nitrogens with zero attached hydrogens (tertiary/aromatic N) is 3. The molecule has 8 heteroatoms. The standard InChI is InChI=1S/C24H21N3O5/c28-23(17-26-21-12-11-20(27(30)31)15-22(21)32-24(26)29)25(16-19-9-5-2-6-10-19)14-13-18-7-3-1-4-8-18/h1-12,15H,13-14,16-17H2. The zero-order valence-corrected chi connectivity index (χ0v) is 17.2. The molecule has 0 saturated carbocycles. The highest BCUT2D eigenvalue weighted by Crippen LogP contribution is 2.20. The van der Waals surface area contributed by atoms with Crippen molar-refractivity contribution in [2.45, 2.75) is 19.5 Å². The van der Waals surface area contributed by atoms with Crippen LogP contribution in [0.3, 0.4) is 0 Å². The van der Waals surface area contributed by atoms with Gasteiger partial charge < -0.3 is 9.32 Å². The first-order valence-corrected chi connectivity index (χ1v) is 10.1. The van der Waals surface area contributed by atoms with Gasteiger partial charge in [-0.2, -0.15) is 0 Å². The van der Waals surface area contributed by atoms with E-state index in [1.54, 1.807) is 4.90 Å². The highest BCUT2D eigenvalue weighted by atomic mass is 16.6. The molecule has 32 heavy (non-hydrogen) atoms. The molecule has 0 unspecified atom stereocenters. The van der Waals surface area contributed by atoms with Gasteiger partial charge in [0.2, 0.25) is 5.91 Å². The summed E-state index contributed by atoms with van der Waals surface area (Å²) in [6.45, 7) is 0.668. The van der Waals surface area contributed by atoms with E-state index in [0.717, 1.165) is 11.1 Å². The van der Waals surface area contributed by atoms with E-state index in [4.69, 9.17) is 4.42 Å². The minimum absolute atomic E-state index is 0.0795. The first kappa shape index (κ1) is 21.0. The van der Waals surface area contributed by atoms with E-state index in [2.05, 4.69) is 0 Å². The molecule has 0 spiro atoms. The van der Waals surface area contributed by atoms with Crippen LogP contribution in [0.2, 0.25) is 0 Å². The van der Waals surface area contributed by atoms with Crippen LogP contribution in [0.5, 0.6) is 0 Å². The fraction of sp³-hybridized carbons (Fsp3) is 0.167. The van der Waals surface area contributed by atoms with Crippen molar-refractivity contribution in [3.8, 4) is 0 Å².